The Morgan fingerprint density at radius 3 is 2.35 bits per heavy atom. The van der Waals surface area contributed by atoms with Gasteiger partial charge in [0.15, 0.2) is 0 Å². The van der Waals surface area contributed by atoms with Crippen LogP contribution in [0.3, 0.4) is 0 Å². The fourth-order valence-corrected chi connectivity index (χ4v) is 2.88. The van der Waals surface area contributed by atoms with Gasteiger partial charge in [0.1, 0.15) is 0 Å². The van der Waals surface area contributed by atoms with E-state index in [0.29, 0.717) is 30.3 Å². The van der Waals surface area contributed by atoms with Crippen LogP contribution in [-0.4, -0.2) is 41.6 Å². The molecule has 4 heteroatoms. The first-order valence-corrected chi connectivity index (χ1v) is 7.73. The Morgan fingerprint density at radius 2 is 1.90 bits per heavy atom. The minimum absolute atomic E-state index is 0.384. The van der Waals surface area contributed by atoms with Gasteiger partial charge in [-0.1, -0.05) is 27.7 Å². The van der Waals surface area contributed by atoms with E-state index in [1.807, 2.05) is 12.5 Å². The van der Waals surface area contributed by atoms with Crippen LogP contribution < -0.4 is 5.73 Å². The Labute approximate surface area is 124 Å². The lowest BCUT2D eigenvalue weighted by molar-refractivity contribution is 0.279. The third kappa shape index (κ3) is 4.60. The summed E-state index contributed by atoms with van der Waals surface area (Å²) >= 11 is 0. The zero-order valence-corrected chi connectivity index (χ0v) is 14.0. The number of likely N-dealkylation sites (N-methyl/N-ethyl adjacent to an activating group) is 1. The lowest BCUT2D eigenvalue weighted by Crippen LogP contribution is -2.29. The molecule has 1 rings (SSSR count). The molecule has 2 atom stereocenters. The summed E-state index contributed by atoms with van der Waals surface area (Å²) in [5, 5.41) is 0. The molecule has 0 spiro atoms. The summed E-state index contributed by atoms with van der Waals surface area (Å²) in [6.45, 7) is 10.7. The molecule has 1 aromatic heterocycles. The molecule has 2 unspecified atom stereocenters. The molecule has 0 aliphatic heterocycles. The molecule has 0 bridgehead atoms. The van der Waals surface area contributed by atoms with Crippen LogP contribution in [0.1, 0.15) is 51.8 Å². The summed E-state index contributed by atoms with van der Waals surface area (Å²) in [6.07, 6.45) is 5.15. The van der Waals surface area contributed by atoms with Crippen molar-refractivity contribution in [2.24, 2.45) is 17.6 Å². The normalized spacial score (nSPS) is 15.3. The van der Waals surface area contributed by atoms with E-state index >= 15 is 0 Å². The molecule has 4 nitrogen and oxygen atoms in total. The van der Waals surface area contributed by atoms with Gasteiger partial charge >= 0.3 is 0 Å². The predicted octanol–water partition coefficient (Wildman–Crippen LogP) is 2.73. The first-order valence-electron chi connectivity index (χ1n) is 7.73. The van der Waals surface area contributed by atoms with Gasteiger partial charge in [0.05, 0.1) is 6.33 Å². The fraction of sp³-hybridized carbons (Fsp3) is 0.812. The zero-order valence-electron chi connectivity index (χ0n) is 14.0. The number of nitrogens with zero attached hydrogens (tertiary/aromatic N) is 3. The van der Waals surface area contributed by atoms with Gasteiger partial charge in [0.25, 0.3) is 0 Å². The summed E-state index contributed by atoms with van der Waals surface area (Å²) in [5.41, 5.74) is 7.27. The molecule has 0 aliphatic rings. The van der Waals surface area contributed by atoms with Gasteiger partial charge in [0.2, 0.25) is 0 Å². The molecule has 0 amide bonds. The van der Waals surface area contributed by atoms with E-state index in [9.17, 15) is 0 Å². The van der Waals surface area contributed by atoms with Crippen molar-refractivity contribution in [2.75, 3.05) is 27.2 Å². The second-order valence-electron chi connectivity index (χ2n) is 6.86. The molecule has 0 aliphatic carbocycles. The molecule has 20 heavy (non-hydrogen) atoms. The first kappa shape index (κ1) is 17.2. The van der Waals surface area contributed by atoms with Crippen molar-refractivity contribution in [3.8, 4) is 0 Å². The van der Waals surface area contributed by atoms with E-state index in [1.54, 1.807) is 0 Å². The number of imidazole rings is 1. The Morgan fingerprint density at radius 1 is 1.25 bits per heavy atom. The molecule has 0 aromatic carbocycles. The molecule has 116 valence electrons. The molecule has 0 saturated carbocycles. The monoisotopic (exact) mass is 280 g/mol. The predicted molar refractivity (Wildman–Crippen MR) is 85.9 cm³/mol. The van der Waals surface area contributed by atoms with Gasteiger partial charge in [-0.15, -0.1) is 0 Å². The molecule has 1 heterocycles. The highest BCUT2D eigenvalue weighted by molar-refractivity contribution is 5.10. The van der Waals surface area contributed by atoms with Gasteiger partial charge in [-0.25, -0.2) is 4.98 Å². The largest absolute Gasteiger partial charge is 0.330 e. The van der Waals surface area contributed by atoms with Crippen molar-refractivity contribution in [1.82, 2.24) is 14.5 Å². The van der Waals surface area contributed by atoms with Gasteiger partial charge in [-0.2, -0.15) is 0 Å². The molecule has 0 fully saturated rings. The van der Waals surface area contributed by atoms with Crippen LogP contribution in [0, 0.1) is 11.8 Å². The minimum Gasteiger partial charge on any atom is -0.330 e. The molecule has 1 aromatic rings. The van der Waals surface area contributed by atoms with Gasteiger partial charge < -0.3 is 15.2 Å². The lowest BCUT2D eigenvalue weighted by atomic mass is 9.92. The number of aromatic nitrogens is 2. The van der Waals surface area contributed by atoms with Crippen LogP contribution >= 0.6 is 0 Å². The lowest BCUT2D eigenvalue weighted by Gasteiger charge is -2.29. The number of rotatable bonds is 8. The summed E-state index contributed by atoms with van der Waals surface area (Å²) in [4.78, 5) is 6.65. The van der Waals surface area contributed by atoms with Gasteiger partial charge in [-0.3, -0.25) is 0 Å². The Hall–Kier alpha value is -0.870. The molecule has 0 saturated heterocycles. The SMILES string of the molecule is CC(C)CC(CN(C)C)n1cncc1C(CN)C(C)C. The summed E-state index contributed by atoms with van der Waals surface area (Å²) < 4.78 is 2.36. The van der Waals surface area contributed by atoms with Crippen LogP contribution in [-0.2, 0) is 0 Å². The van der Waals surface area contributed by atoms with Crippen molar-refractivity contribution in [3.05, 3.63) is 18.2 Å². The number of nitrogens with two attached hydrogens (primary N) is 1. The third-order valence-electron chi connectivity index (χ3n) is 3.85. The molecular weight excluding hydrogens is 248 g/mol. The topological polar surface area (TPSA) is 47.1 Å². The summed E-state index contributed by atoms with van der Waals surface area (Å²) in [5.74, 6) is 1.59. The first-order chi connectivity index (χ1) is 9.36. The van der Waals surface area contributed by atoms with Crippen molar-refractivity contribution in [1.29, 1.82) is 0 Å². The summed E-state index contributed by atoms with van der Waals surface area (Å²) in [6, 6.07) is 0.468. The van der Waals surface area contributed by atoms with Crippen molar-refractivity contribution < 1.29 is 0 Å². The highest BCUT2D eigenvalue weighted by Crippen LogP contribution is 2.28. The van der Waals surface area contributed by atoms with Gasteiger partial charge in [-0.05, 0) is 32.4 Å². The highest BCUT2D eigenvalue weighted by Gasteiger charge is 2.23. The second-order valence-corrected chi connectivity index (χ2v) is 6.86. The van der Waals surface area contributed by atoms with E-state index in [2.05, 4.69) is 56.2 Å². The maximum absolute atomic E-state index is 5.98. The molecule has 2 N–H and O–H groups in total. The van der Waals surface area contributed by atoms with Crippen molar-refractivity contribution >= 4 is 0 Å². The smallest absolute Gasteiger partial charge is 0.0951 e. The minimum atomic E-state index is 0.384. The molecular formula is C16H32N4. The average Bonchev–Trinajstić information content (AvgIpc) is 2.76. The number of hydrogen-bond acceptors (Lipinski definition) is 3. The van der Waals surface area contributed by atoms with Crippen molar-refractivity contribution in [3.63, 3.8) is 0 Å². The van der Waals surface area contributed by atoms with E-state index in [4.69, 9.17) is 5.73 Å². The van der Waals surface area contributed by atoms with Crippen LogP contribution in [0.15, 0.2) is 12.5 Å². The van der Waals surface area contributed by atoms with Crippen LogP contribution in [0.5, 0.6) is 0 Å². The van der Waals surface area contributed by atoms with Crippen LogP contribution in [0.25, 0.3) is 0 Å². The highest BCUT2D eigenvalue weighted by atomic mass is 15.1. The summed E-state index contributed by atoms with van der Waals surface area (Å²) in [7, 11) is 4.26. The van der Waals surface area contributed by atoms with E-state index in [0.717, 1.165) is 13.0 Å². The molecule has 0 radical (unpaired) electrons. The fourth-order valence-electron chi connectivity index (χ4n) is 2.88. The van der Waals surface area contributed by atoms with Crippen LogP contribution in [0.2, 0.25) is 0 Å². The van der Waals surface area contributed by atoms with E-state index < -0.39 is 0 Å². The Kier molecular flexibility index (Phi) is 6.69. The average molecular weight is 280 g/mol. The maximum atomic E-state index is 5.98. The number of hydrogen-bond donors (Lipinski definition) is 1. The van der Waals surface area contributed by atoms with E-state index in [1.165, 1.54) is 5.69 Å². The zero-order chi connectivity index (χ0) is 15.3. The Balaban J connectivity index is 3.04. The Bertz CT molecular complexity index is 372. The van der Waals surface area contributed by atoms with E-state index in [-0.39, 0.29) is 0 Å². The van der Waals surface area contributed by atoms with Gasteiger partial charge in [0, 0.05) is 36.9 Å². The third-order valence-corrected chi connectivity index (χ3v) is 3.85. The standard InChI is InChI=1S/C16H32N4/c1-12(2)7-14(10-19(5)6)20-11-18-9-16(20)15(8-17)13(3)4/h9,11-15H,7-8,10,17H2,1-6H3. The quantitative estimate of drug-likeness (QED) is 0.796. The second kappa shape index (κ2) is 7.79. The van der Waals surface area contributed by atoms with Crippen LogP contribution in [0.4, 0.5) is 0 Å². The van der Waals surface area contributed by atoms with Crippen molar-refractivity contribution in [2.45, 2.75) is 46.1 Å². The maximum Gasteiger partial charge on any atom is 0.0951 e.